The Bertz CT molecular complexity index is 500. The minimum atomic E-state index is -1.04. The van der Waals surface area contributed by atoms with Gasteiger partial charge in [0, 0.05) is 12.7 Å². The fourth-order valence-corrected chi connectivity index (χ4v) is 2.59. The lowest BCUT2D eigenvalue weighted by Crippen LogP contribution is -2.45. The summed E-state index contributed by atoms with van der Waals surface area (Å²) in [6, 6.07) is 6.05. The first kappa shape index (κ1) is 14.5. The van der Waals surface area contributed by atoms with Crippen molar-refractivity contribution >= 4 is 11.9 Å². The van der Waals surface area contributed by atoms with E-state index in [9.17, 15) is 9.59 Å². The molecule has 108 valence electrons. The summed E-state index contributed by atoms with van der Waals surface area (Å²) < 4.78 is 5.39. The Hall–Kier alpha value is -1.88. The standard InChI is InChI=1S/C15H19NO4/c1-20-13-8-3-2-7-12(13)16-14(17)10-5-4-6-11(9-10)15(18)19/h4-6,9,12-13H,2-3,7-8H2,1H3,(H,16,17)(H,18,19)/t12-,13-/m0/s1. The lowest BCUT2D eigenvalue weighted by molar-refractivity contribution is 0.0392. The molecule has 1 aromatic carbocycles. The highest BCUT2D eigenvalue weighted by Gasteiger charge is 2.26. The van der Waals surface area contributed by atoms with E-state index in [1.165, 1.54) is 12.1 Å². The summed E-state index contributed by atoms with van der Waals surface area (Å²) in [5.41, 5.74) is 0.481. The first-order chi connectivity index (χ1) is 9.61. The number of methoxy groups -OCH3 is 1. The van der Waals surface area contributed by atoms with Crippen molar-refractivity contribution in [3.63, 3.8) is 0 Å². The van der Waals surface area contributed by atoms with Crippen LogP contribution in [-0.2, 0) is 4.74 Å². The van der Waals surface area contributed by atoms with Gasteiger partial charge in [-0.1, -0.05) is 18.9 Å². The van der Waals surface area contributed by atoms with E-state index in [-0.39, 0.29) is 23.6 Å². The van der Waals surface area contributed by atoms with Crippen molar-refractivity contribution in [1.82, 2.24) is 5.32 Å². The lowest BCUT2D eigenvalue weighted by Gasteiger charge is -2.31. The van der Waals surface area contributed by atoms with Gasteiger partial charge in [0.25, 0.3) is 5.91 Å². The molecule has 1 aliphatic carbocycles. The van der Waals surface area contributed by atoms with Crippen LogP contribution in [0, 0.1) is 0 Å². The van der Waals surface area contributed by atoms with Crippen molar-refractivity contribution in [3.05, 3.63) is 35.4 Å². The number of carbonyl (C=O) groups is 2. The summed E-state index contributed by atoms with van der Waals surface area (Å²) in [6.45, 7) is 0. The van der Waals surface area contributed by atoms with Gasteiger partial charge in [0.1, 0.15) is 0 Å². The predicted molar refractivity (Wildman–Crippen MR) is 73.9 cm³/mol. The zero-order valence-electron chi connectivity index (χ0n) is 11.5. The van der Waals surface area contributed by atoms with Gasteiger partial charge in [-0.15, -0.1) is 0 Å². The molecule has 2 atom stereocenters. The van der Waals surface area contributed by atoms with Gasteiger partial charge in [0.2, 0.25) is 0 Å². The normalized spacial score (nSPS) is 22.2. The Balaban J connectivity index is 2.07. The van der Waals surface area contributed by atoms with Gasteiger partial charge in [-0.25, -0.2) is 4.79 Å². The molecule has 2 N–H and O–H groups in total. The number of nitrogens with one attached hydrogen (secondary N) is 1. The number of carboxylic acid groups (broad SMARTS) is 1. The number of carboxylic acids is 1. The molecule has 2 rings (SSSR count). The van der Waals surface area contributed by atoms with E-state index in [0.29, 0.717) is 5.56 Å². The molecule has 0 unspecified atom stereocenters. The van der Waals surface area contributed by atoms with Crippen LogP contribution in [0.25, 0.3) is 0 Å². The van der Waals surface area contributed by atoms with Gasteiger partial charge < -0.3 is 15.2 Å². The molecule has 1 amide bonds. The Kier molecular flexibility index (Phi) is 4.74. The highest BCUT2D eigenvalue weighted by atomic mass is 16.5. The predicted octanol–water partition coefficient (Wildman–Crippen LogP) is 2.07. The number of benzene rings is 1. The molecule has 0 bridgehead atoms. The van der Waals surface area contributed by atoms with E-state index in [0.717, 1.165) is 25.7 Å². The van der Waals surface area contributed by atoms with Gasteiger partial charge in [-0.3, -0.25) is 4.79 Å². The largest absolute Gasteiger partial charge is 0.478 e. The van der Waals surface area contributed by atoms with E-state index in [2.05, 4.69) is 5.32 Å². The monoisotopic (exact) mass is 277 g/mol. The zero-order valence-corrected chi connectivity index (χ0v) is 11.5. The molecule has 0 radical (unpaired) electrons. The fourth-order valence-electron chi connectivity index (χ4n) is 2.59. The second kappa shape index (κ2) is 6.52. The molecule has 1 saturated carbocycles. The van der Waals surface area contributed by atoms with Gasteiger partial charge >= 0.3 is 5.97 Å². The summed E-state index contributed by atoms with van der Waals surface area (Å²) in [6.07, 6.45) is 4.05. The number of carbonyl (C=O) groups excluding carboxylic acids is 1. The average Bonchev–Trinajstić information content (AvgIpc) is 2.48. The van der Waals surface area contributed by atoms with Crippen LogP contribution < -0.4 is 5.32 Å². The van der Waals surface area contributed by atoms with Crippen LogP contribution in [0.3, 0.4) is 0 Å². The third kappa shape index (κ3) is 3.36. The average molecular weight is 277 g/mol. The SMILES string of the molecule is CO[C@H]1CCCC[C@@H]1NC(=O)c1cccc(C(=O)O)c1. The van der Waals surface area contributed by atoms with E-state index in [4.69, 9.17) is 9.84 Å². The van der Waals surface area contributed by atoms with Crippen LogP contribution in [0.4, 0.5) is 0 Å². The number of aromatic carboxylic acids is 1. The molecular weight excluding hydrogens is 258 g/mol. The van der Waals surface area contributed by atoms with E-state index in [1.54, 1.807) is 19.2 Å². The molecule has 0 heterocycles. The van der Waals surface area contributed by atoms with Crippen LogP contribution in [-0.4, -0.2) is 36.2 Å². The molecule has 5 nitrogen and oxygen atoms in total. The Morgan fingerprint density at radius 1 is 1.25 bits per heavy atom. The quantitative estimate of drug-likeness (QED) is 0.883. The molecule has 1 aromatic rings. The number of hydrogen-bond donors (Lipinski definition) is 2. The van der Waals surface area contributed by atoms with Crippen LogP contribution in [0.5, 0.6) is 0 Å². The number of amides is 1. The van der Waals surface area contributed by atoms with Crippen LogP contribution in [0.2, 0.25) is 0 Å². The van der Waals surface area contributed by atoms with Gasteiger partial charge in [0.15, 0.2) is 0 Å². The van der Waals surface area contributed by atoms with Crippen molar-refractivity contribution in [3.8, 4) is 0 Å². The van der Waals surface area contributed by atoms with E-state index in [1.807, 2.05) is 0 Å². The van der Waals surface area contributed by atoms with E-state index >= 15 is 0 Å². The first-order valence-electron chi connectivity index (χ1n) is 6.79. The van der Waals surface area contributed by atoms with Crippen LogP contribution in [0.15, 0.2) is 24.3 Å². The molecule has 1 fully saturated rings. The van der Waals surface area contributed by atoms with Crippen molar-refractivity contribution in [2.24, 2.45) is 0 Å². The Morgan fingerprint density at radius 2 is 1.95 bits per heavy atom. The molecule has 0 aromatic heterocycles. The topological polar surface area (TPSA) is 75.6 Å². The van der Waals surface area contributed by atoms with Gasteiger partial charge in [0.05, 0.1) is 17.7 Å². The van der Waals surface area contributed by atoms with Crippen molar-refractivity contribution < 1.29 is 19.4 Å². The smallest absolute Gasteiger partial charge is 0.335 e. The second-order valence-corrected chi connectivity index (χ2v) is 5.02. The minimum Gasteiger partial charge on any atom is -0.478 e. The first-order valence-corrected chi connectivity index (χ1v) is 6.79. The molecule has 0 saturated heterocycles. The summed E-state index contributed by atoms with van der Waals surface area (Å²) >= 11 is 0. The van der Waals surface area contributed by atoms with Crippen LogP contribution in [0.1, 0.15) is 46.4 Å². The van der Waals surface area contributed by atoms with Gasteiger partial charge in [-0.05, 0) is 31.0 Å². The number of rotatable bonds is 4. The Morgan fingerprint density at radius 3 is 2.65 bits per heavy atom. The summed E-state index contributed by atoms with van der Waals surface area (Å²) in [5.74, 6) is -1.28. The highest BCUT2D eigenvalue weighted by Crippen LogP contribution is 2.21. The fraction of sp³-hybridized carbons (Fsp3) is 0.467. The molecule has 20 heavy (non-hydrogen) atoms. The molecular formula is C15H19NO4. The molecule has 5 heteroatoms. The minimum absolute atomic E-state index is 0.00488. The summed E-state index contributed by atoms with van der Waals surface area (Å²) in [7, 11) is 1.65. The summed E-state index contributed by atoms with van der Waals surface area (Å²) in [4.78, 5) is 23.1. The second-order valence-electron chi connectivity index (χ2n) is 5.02. The highest BCUT2D eigenvalue weighted by molar-refractivity contribution is 5.97. The number of hydrogen-bond acceptors (Lipinski definition) is 3. The maximum Gasteiger partial charge on any atom is 0.335 e. The van der Waals surface area contributed by atoms with Crippen LogP contribution >= 0.6 is 0 Å². The lowest BCUT2D eigenvalue weighted by atomic mass is 9.92. The van der Waals surface area contributed by atoms with Crippen molar-refractivity contribution in [1.29, 1.82) is 0 Å². The Labute approximate surface area is 117 Å². The maximum absolute atomic E-state index is 12.2. The van der Waals surface area contributed by atoms with Crippen molar-refractivity contribution in [2.75, 3.05) is 7.11 Å². The maximum atomic E-state index is 12.2. The third-order valence-corrected chi connectivity index (χ3v) is 3.69. The van der Waals surface area contributed by atoms with Crippen molar-refractivity contribution in [2.45, 2.75) is 37.8 Å². The van der Waals surface area contributed by atoms with Gasteiger partial charge in [-0.2, -0.15) is 0 Å². The summed E-state index contributed by atoms with van der Waals surface area (Å²) in [5, 5.41) is 11.9. The molecule has 1 aliphatic rings. The molecule has 0 spiro atoms. The zero-order chi connectivity index (χ0) is 14.5. The third-order valence-electron chi connectivity index (χ3n) is 3.69. The molecule has 0 aliphatic heterocycles. The number of ether oxygens (including phenoxy) is 1. The van der Waals surface area contributed by atoms with E-state index < -0.39 is 5.97 Å².